The third-order valence-corrected chi connectivity index (χ3v) is 2.55. The first-order valence-corrected chi connectivity index (χ1v) is 6.24. The van der Waals surface area contributed by atoms with Gasteiger partial charge in [-0.15, -0.1) is 0 Å². The number of nitrogens with zero attached hydrogens (tertiary/aromatic N) is 2. The molecule has 0 aliphatic rings. The molecule has 0 spiro atoms. The van der Waals surface area contributed by atoms with Gasteiger partial charge in [-0.1, -0.05) is 18.5 Å². The molecule has 0 bridgehead atoms. The monoisotopic (exact) mass is 281 g/mol. The highest BCUT2D eigenvalue weighted by molar-refractivity contribution is 6.31. The molecule has 0 aliphatic carbocycles. The highest BCUT2D eigenvalue weighted by Crippen LogP contribution is 2.21. The van der Waals surface area contributed by atoms with E-state index in [0.29, 0.717) is 24.1 Å². The molecule has 0 atom stereocenters. The molecule has 2 rings (SSSR count). The van der Waals surface area contributed by atoms with Crippen LogP contribution in [-0.2, 0) is 0 Å². The maximum absolute atomic E-state index is 13.0. The van der Waals surface area contributed by atoms with Gasteiger partial charge < -0.3 is 10.1 Å². The van der Waals surface area contributed by atoms with Gasteiger partial charge in [0.15, 0.2) is 0 Å². The van der Waals surface area contributed by atoms with Gasteiger partial charge in [0.2, 0.25) is 11.8 Å². The molecule has 0 aliphatic heterocycles. The van der Waals surface area contributed by atoms with Crippen molar-refractivity contribution in [1.82, 2.24) is 9.97 Å². The Kier molecular flexibility index (Phi) is 4.52. The van der Waals surface area contributed by atoms with Crippen molar-refractivity contribution in [2.24, 2.45) is 0 Å². The zero-order valence-electron chi connectivity index (χ0n) is 10.4. The molecule has 0 radical (unpaired) electrons. The second-order valence-corrected chi connectivity index (χ2v) is 4.23. The molecule has 1 aromatic heterocycles. The topological polar surface area (TPSA) is 47.0 Å². The van der Waals surface area contributed by atoms with Crippen LogP contribution in [-0.4, -0.2) is 16.6 Å². The van der Waals surface area contributed by atoms with Crippen molar-refractivity contribution in [2.45, 2.75) is 13.3 Å². The first kappa shape index (κ1) is 13.5. The van der Waals surface area contributed by atoms with Gasteiger partial charge in [0, 0.05) is 18.0 Å². The molecule has 4 nitrogen and oxygen atoms in total. The lowest BCUT2D eigenvalue weighted by Crippen LogP contribution is -2.01. The van der Waals surface area contributed by atoms with Gasteiger partial charge >= 0.3 is 0 Å². The number of hydrogen-bond acceptors (Lipinski definition) is 4. The average Bonchev–Trinajstić information content (AvgIpc) is 2.41. The molecular weight excluding hydrogens is 269 g/mol. The largest absolute Gasteiger partial charge is 0.478 e. The van der Waals surface area contributed by atoms with Crippen molar-refractivity contribution >= 4 is 23.2 Å². The van der Waals surface area contributed by atoms with E-state index in [-0.39, 0.29) is 5.02 Å². The summed E-state index contributed by atoms with van der Waals surface area (Å²) in [6.07, 6.45) is 2.49. The van der Waals surface area contributed by atoms with E-state index in [2.05, 4.69) is 15.3 Å². The van der Waals surface area contributed by atoms with Gasteiger partial charge in [-0.3, -0.25) is 0 Å². The maximum atomic E-state index is 13.0. The van der Waals surface area contributed by atoms with E-state index in [1.54, 1.807) is 18.3 Å². The zero-order valence-corrected chi connectivity index (χ0v) is 11.1. The van der Waals surface area contributed by atoms with E-state index < -0.39 is 5.82 Å². The molecule has 1 heterocycles. The van der Waals surface area contributed by atoms with E-state index in [0.717, 1.165) is 6.42 Å². The number of aromatic nitrogens is 2. The molecule has 19 heavy (non-hydrogen) atoms. The van der Waals surface area contributed by atoms with Crippen molar-refractivity contribution in [3.8, 4) is 5.88 Å². The van der Waals surface area contributed by atoms with Crippen molar-refractivity contribution in [2.75, 3.05) is 11.9 Å². The summed E-state index contributed by atoms with van der Waals surface area (Å²) in [5.74, 6) is 0.400. The molecule has 1 aromatic carbocycles. The molecule has 2 aromatic rings. The minimum Gasteiger partial charge on any atom is -0.478 e. The standard InChI is InChI=1S/C13H13ClFN3O/c1-2-7-19-12-5-6-16-13(18-12)17-9-3-4-11(15)10(14)8-9/h3-6,8H,2,7H2,1H3,(H,16,17,18). The summed E-state index contributed by atoms with van der Waals surface area (Å²) >= 11 is 5.70. The zero-order chi connectivity index (χ0) is 13.7. The van der Waals surface area contributed by atoms with Crippen molar-refractivity contribution in [3.05, 3.63) is 41.3 Å². The maximum Gasteiger partial charge on any atom is 0.230 e. The number of halogens is 2. The van der Waals surface area contributed by atoms with Gasteiger partial charge in [-0.05, 0) is 24.6 Å². The number of ether oxygens (including phenoxy) is 1. The molecule has 100 valence electrons. The van der Waals surface area contributed by atoms with Crippen LogP contribution in [0, 0.1) is 5.82 Å². The Bertz CT molecular complexity index is 565. The minimum absolute atomic E-state index is 0.0448. The lowest BCUT2D eigenvalue weighted by molar-refractivity contribution is 0.305. The Labute approximate surface area is 115 Å². The summed E-state index contributed by atoms with van der Waals surface area (Å²) < 4.78 is 18.4. The first-order chi connectivity index (χ1) is 9.19. The predicted octanol–water partition coefficient (Wildman–Crippen LogP) is 3.80. The molecular formula is C13H13ClFN3O. The highest BCUT2D eigenvalue weighted by Gasteiger charge is 2.04. The minimum atomic E-state index is -0.465. The van der Waals surface area contributed by atoms with Crippen LogP contribution in [0.15, 0.2) is 30.5 Å². The lowest BCUT2D eigenvalue weighted by Gasteiger charge is -2.07. The highest BCUT2D eigenvalue weighted by atomic mass is 35.5. The predicted molar refractivity (Wildman–Crippen MR) is 72.5 cm³/mol. The third kappa shape index (κ3) is 3.79. The van der Waals surface area contributed by atoms with Crippen LogP contribution in [0.5, 0.6) is 5.88 Å². The normalized spacial score (nSPS) is 10.3. The summed E-state index contributed by atoms with van der Waals surface area (Å²) in [7, 11) is 0. The molecule has 0 unspecified atom stereocenters. The fourth-order valence-electron chi connectivity index (χ4n) is 1.39. The van der Waals surface area contributed by atoms with Crippen LogP contribution >= 0.6 is 11.6 Å². The summed E-state index contributed by atoms with van der Waals surface area (Å²) in [5.41, 5.74) is 0.610. The van der Waals surface area contributed by atoms with Gasteiger partial charge in [0.25, 0.3) is 0 Å². The van der Waals surface area contributed by atoms with Crippen LogP contribution in [0.25, 0.3) is 0 Å². The summed E-state index contributed by atoms with van der Waals surface area (Å²) in [5, 5.41) is 2.98. The first-order valence-electron chi connectivity index (χ1n) is 5.87. The van der Waals surface area contributed by atoms with E-state index in [1.807, 2.05) is 6.92 Å². The Balaban J connectivity index is 2.11. The molecule has 0 amide bonds. The van der Waals surface area contributed by atoms with Crippen LogP contribution in [0.3, 0.4) is 0 Å². The quantitative estimate of drug-likeness (QED) is 0.905. The van der Waals surface area contributed by atoms with E-state index in [4.69, 9.17) is 16.3 Å². The fraction of sp³-hybridized carbons (Fsp3) is 0.231. The van der Waals surface area contributed by atoms with E-state index in [1.165, 1.54) is 12.1 Å². The number of nitrogens with one attached hydrogen (secondary N) is 1. The number of benzene rings is 1. The lowest BCUT2D eigenvalue weighted by atomic mass is 10.3. The van der Waals surface area contributed by atoms with Gasteiger partial charge in [0.1, 0.15) is 5.82 Å². The van der Waals surface area contributed by atoms with Crippen LogP contribution in [0.1, 0.15) is 13.3 Å². The Morgan fingerprint density at radius 2 is 2.21 bits per heavy atom. The SMILES string of the molecule is CCCOc1ccnc(Nc2ccc(F)c(Cl)c2)n1. The van der Waals surface area contributed by atoms with Crippen LogP contribution in [0.4, 0.5) is 16.0 Å². The number of rotatable bonds is 5. The summed E-state index contributed by atoms with van der Waals surface area (Å²) in [6, 6.07) is 5.99. The summed E-state index contributed by atoms with van der Waals surface area (Å²) in [4.78, 5) is 8.23. The van der Waals surface area contributed by atoms with Crippen LogP contribution in [0.2, 0.25) is 5.02 Å². The third-order valence-electron chi connectivity index (χ3n) is 2.26. The molecule has 1 N–H and O–H groups in total. The molecule has 0 saturated carbocycles. The fourth-order valence-corrected chi connectivity index (χ4v) is 1.57. The van der Waals surface area contributed by atoms with E-state index in [9.17, 15) is 4.39 Å². The Hall–Kier alpha value is -1.88. The van der Waals surface area contributed by atoms with Gasteiger partial charge in [0.05, 0.1) is 11.6 Å². The second-order valence-electron chi connectivity index (χ2n) is 3.82. The molecule has 0 saturated heterocycles. The summed E-state index contributed by atoms with van der Waals surface area (Å²) in [6.45, 7) is 2.61. The van der Waals surface area contributed by atoms with Gasteiger partial charge in [-0.25, -0.2) is 9.37 Å². The van der Waals surface area contributed by atoms with Crippen molar-refractivity contribution in [3.63, 3.8) is 0 Å². The van der Waals surface area contributed by atoms with Crippen LogP contribution < -0.4 is 10.1 Å². The average molecular weight is 282 g/mol. The van der Waals surface area contributed by atoms with Crippen molar-refractivity contribution in [1.29, 1.82) is 0 Å². The number of anilines is 2. The smallest absolute Gasteiger partial charge is 0.230 e. The molecule has 0 fully saturated rings. The molecule has 6 heteroatoms. The van der Waals surface area contributed by atoms with Crippen molar-refractivity contribution < 1.29 is 9.13 Å². The Morgan fingerprint density at radius 3 is 2.95 bits per heavy atom. The number of hydrogen-bond donors (Lipinski definition) is 1. The van der Waals surface area contributed by atoms with Gasteiger partial charge in [-0.2, -0.15) is 4.98 Å². The second kappa shape index (κ2) is 6.33. The Morgan fingerprint density at radius 1 is 1.37 bits per heavy atom. The van der Waals surface area contributed by atoms with E-state index >= 15 is 0 Å².